The van der Waals surface area contributed by atoms with E-state index in [2.05, 4.69) is 6.58 Å². The Labute approximate surface area is 64.6 Å². The van der Waals surface area contributed by atoms with Gasteiger partial charge in [0.1, 0.15) is 6.29 Å². The summed E-state index contributed by atoms with van der Waals surface area (Å²) < 4.78 is 10.6. The molecule has 1 radical (unpaired) electrons. The van der Waals surface area contributed by atoms with Gasteiger partial charge in [-0.2, -0.15) is 0 Å². The molecule has 0 bridgehead atoms. The Hall–Kier alpha value is -0.123. The maximum atomic E-state index is 5.40. The molecule has 0 aliphatic heterocycles. The van der Waals surface area contributed by atoms with E-state index in [0.717, 1.165) is 0 Å². The molecule has 0 rings (SSSR count). The van der Waals surface area contributed by atoms with Crippen LogP contribution in [0.25, 0.3) is 0 Å². The van der Waals surface area contributed by atoms with E-state index in [4.69, 9.17) is 9.16 Å². The number of ether oxygens (including phenoxy) is 1. The molecule has 0 fully saturated rings. The van der Waals surface area contributed by atoms with E-state index < -0.39 is 9.04 Å². The molecule has 0 saturated heterocycles. The maximum absolute atomic E-state index is 5.40. The molecule has 0 spiro atoms. The Morgan fingerprint density at radius 1 is 1.70 bits per heavy atom. The third-order valence-electron chi connectivity index (χ3n) is 1.04. The van der Waals surface area contributed by atoms with E-state index in [-0.39, 0.29) is 6.29 Å². The van der Waals surface area contributed by atoms with Gasteiger partial charge in [0, 0.05) is 6.61 Å². The minimum Gasteiger partial charge on any atom is -0.388 e. The fraction of sp³-hybridized carbons (Fsp3) is 0.714. The first-order chi connectivity index (χ1) is 4.70. The monoisotopic (exact) mass is 159 g/mol. The zero-order chi connectivity index (χ0) is 7.98. The van der Waals surface area contributed by atoms with Gasteiger partial charge in [0.15, 0.2) is 0 Å². The zero-order valence-corrected chi connectivity index (χ0v) is 7.89. The van der Waals surface area contributed by atoms with E-state index in [9.17, 15) is 0 Å². The van der Waals surface area contributed by atoms with Crippen molar-refractivity contribution in [3.05, 3.63) is 12.3 Å². The van der Waals surface area contributed by atoms with Crippen molar-refractivity contribution in [3.8, 4) is 0 Å². The van der Waals surface area contributed by atoms with Crippen LogP contribution < -0.4 is 0 Å². The van der Waals surface area contributed by atoms with Crippen LogP contribution in [0.5, 0.6) is 0 Å². The third-order valence-corrected chi connectivity index (χ3v) is 2.32. The van der Waals surface area contributed by atoms with Gasteiger partial charge in [-0.05, 0) is 20.4 Å². The smallest absolute Gasteiger partial charge is 0.238 e. The molecule has 0 aromatic rings. The van der Waals surface area contributed by atoms with Crippen LogP contribution in [0.4, 0.5) is 0 Å². The molecule has 0 amide bonds. The van der Waals surface area contributed by atoms with Crippen LogP contribution in [0, 0.1) is 0 Å². The average Bonchev–Trinajstić information content (AvgIpc) is 1.88. The van der Waals surface area contributed by atoms with Crippen LogP contribution in [0.1, 0.15) is 13.8 Å². The molecule has 2 nitrogen and oxygen atoms in total. The summed E-state index contributed by atoms with van der Waals surface area (Å²) in [5.74, 6) is 0. The first-order valence-electron chi connectivity index (χ1n) is 3.45. The lowest BCUT2D eigenvalue weighted by atomic mass is 10.7. The minimum absolute atomic E-state index is 0.0816. The van der Waals surface area contributed by atoms with Crippen LogP contribution in [0.3, 0.4) is 0 Å². The van der Waals surface area contributed by atoms with Crippen molar-refractivity contribution in [2.75, 3.05) is 6.61 Å². The highest BCUT2D eigenvalue weighted by Crippen LogP contribution is 1.96. The summed E-state index contributed by atoms with van der Waals surface area (Å²) in [5, 5.41) is 0. The Kier molecular flexibility index (Phi) is 5.58. The molecule has 0 aromatic carbocycles. The standard InChI is InChI=1S/C7H15O2Si/c1-5-8-7(3)9-10(4)6-2/h6-7H,2,5H2,1,3-4H3. The molecule has 0 N–H and O–H groups in total. The molecule has 10 heavy (non-hydrogen) atoms. The minimum atomic E-state index is -0.811. The lowest BCUT2D eigenvalue weighted by molar-refractivity contribution is -0.0624. The molecule has 0 heterocycles. The topological polar surface area (TPSA) is 18.5 Å². The van der Waals surface area contributed by atoms with Crippen LogP contribution in [0.2, 0.25) is 6.55 Å². The van der Waals surface area contributed by atoms with Gasteiger partial charge in [-0.3, -0.25) is 0 Å². The first kappa shape index (κ1) is 9.88. The van der Waals surface area contributed by atoms with Crippen LogP contribution in [-0.4, -0.2) is 21.9 Å². The maximum Gasteiger partial charge on any atom is 0.238 e. The van der Waals surface area contributed by atoms with Gasteiger partial charge in [0.25, 0.3) is 0 Å². The fourth-order valence-corrected chi connectivity index (χ4v) is 1.27. The summed E-state index contributed by atoms with van der Waals surface area (Å²) in [7, 11) is -0.811. The molecular weight excluding hydrogens is 144 g/mol. The summed E-state index contributed by atoms with van der Waals surface area (Å²) in [6.07, 6.45) is -0.0816. The number of hydrogen-bond acceptors (Lipinski definition) is 2. The lowest BCUT2D eigenvalue weighted by Gasteiger charge is -2.14. The van der Waals surface area contributed by atoms with Gasteiger partial charge in [-0.15, -0.1) is 6.58 Å². The Morgan fingerprint density at radius 2 is 2.30 bits per heavy atom. The SMILES string of the molecule is C=C[Si](C)OC(C)OCC. The van der Waals surface area contributed by atoms with Crippen molar-refractivity contribution in [2.24, 2.45) is 0 Å². The predicted molar refractivity (Wildman–Crippen MR) is 44.0 cm³/mol. The highest BCUT2D eigenvalue weighted by molar-refractivity contribution is 6.55. The first-order valence-corrected chi connectivity index (χ1v) is 5.43. The van der Waals surface area contributed by atoms with Gasteiger partial charge in [0.2, 0.25) is 9.04 Å². The number of hydrogen-bond donors (Lipinski definition) is 0. The zero-order valence-electron chi connectivity index (χ0n) is 6.89. The van der Waals surface area contributed by atoms with Gasteiger partial charge in [-0.25, -0.2) is 0 Å². The fourth-order valence-electron chi connectivity index (χ4n) is 0.579. The summed E-state index contributed by atoms with van der Waals surface area (Å²) in [4.78, 5) is 0. The second-order valence-electron chi connectivity index (χ2n) is 1.96. The summed E-state index contributed by atoms with van der Waals surface area (Å²) in [5.41, 5.74) is 1.85. The molecule has 3 heteroatoms. The van der Waals surface area contributed by atoms with Gasteiger partial charge in [-0.1, -0.05) is 5.70 Å². The molecule has 59 valence electrons. The summed E-state index contributed by atoms with van der Waals surface area (Å²) in [6.45, 7) is 10.2. The molecule has 1 unspecified atom stereocenters. The van der Waals surface area contributed by atoms with E-state index >= 15 is 0 Å². The Bertz CT molecular complexity index is 95.6. The Balaban J connectivity index is 3.36. The van der Waals surface area contributed by atoms with Crippen molar-refractivity contribution in [2.45, 2.75) is 26.7 Å². The molecule has 0 saturated carbocycles. The molecule has 0 aliphatic carbocycles. The predicted octanol–water partition coefficient (Wildman–Crippen LogP) is 1.73. The van der Waals surface area contributed by atoms with E-state index in [0.29, 0.717) is 6.61 Å². The van der Waals surface area contributed by atoms with Crippen molar-refractivity contribution >= 4 is 9.04 Å². The highest BCUT2D eigenvalue weighted by atomic mass is 28.3. The highest BCUT2D eigenvalue weighted by Gasteiger charge is 2.05. The van der Waals surface area contributed by atoms with Gasteiger partial charge < -0.3 is 9.16 Å². The Morgan fingerprint density at radius 3 is 2.70 bits per heavy atom. The van der Waals surface area contributed by atoms with Crippen LogP contribution >= 0.6 is 0 Å². The summed E-state index contributed by atoms with van der Waals surface area (Å²) >= 11 is 0. The molecule has 0 aliphatic rings. The molecule has 0 aromatic heterocycles. The van der Waals surface area contributed by atoms with Crippen LogP contribution in [-0.2, 0) is 9.16 Å². The molecule has 1 atom stereocenters. The largest absolute Gasteiger partial charge is 0.388 e. The van der Waals surface area contributed by atoms with Gasteiger partial charge in [0.05, 0.1) is 0 Å². The van der Waals surface area contributed by atoms with Gasteiger partial charge >= 0.3 is 0 Å². The molecular formula is C7H15O2Si. The van der Waals surface area contributed by atoms with E-state index in [1.807, 2.05) is 26.1 Å². The normalized spacial score (nSPS) is 13.6. The average molecular weight is 159 g/mol. The summed E-state index contributed by atoms with van der Waals surface area (Å²) in [6, 6.07) is 0. The van der Waals surface area contributed by atoms with Crippen molar-refractivity contribution in [1.82, 2.24) is 0 Å². The second kappa shape index (κ2) is 5.65. The van der Waals surface area contributed by atoms with Crippen molar-refractivity contribution in [3.63, 3.8) is 0 Å². The van der Waals surface area contributed by atoms with Crippen molar-refractivity contribution in [1.29, 1.82) is 0 Å². The van der Waals surface area contributed by atoms with E-state index in [1.54, 1.807) is 0 Å². The van der Waals surface area contributed by atoms with E-state index in [1.165, 1.54) is 0 Å². The quantitative estimate of drug-likeness (QED) is 0.449. The lowest BCUT2D eigenvalue weighted by Crippen LogP contribution is -2.21. The second-order valence-corrected chi connectivity index (χ2v) is 3.82. The third kappa shape index (κ3) is 4.73. The number of rotatable bonds is 5. The van der Waals surface area contributed by atoms with Crippen LogP contribution in [0.15, 0.2) is 12.3 Å². The van der Waals surface area contributed by atoms with Crippen molar-refractivity contribution < 1.29 is 9.16 Å².